The van der Waals surface area contributed by atoms with Crippen LogP contribution >= 0.6 is 0 Å². The van der Waals surface area contributed by atoms with E-state index < -0.39 is 6.10 Å². The highest BCUT2D eigenvalue weighted by Gasteiger charge is 2.06. The van der Waals surface area contributed by atoms with E-state index in [1.165, 1.54) is 5.56 Å². The van der Waals surface area contributed by atoms with Crippen molar-refractivity contribution in [1.82, 2.24) is 0 Å². The average molecular weight is 250 g/mol. The van der Waals surface area contributed by atoms with Gasteiger partial charge in [-0.15, -0.1) is 0 Å². The maximum Gasteiger partial charge on any atom is 0.0975 e. The van der Waals surface area contributed by atoms with Gasteiger partial charge < -0.3 is 5.11 Å². The minimum Gasteiger partial charge on any atom is -0.384 e. The third-order valence-corrected chi connectivity index (χ3v) is 3.05. The van der Waals surface area contributed by atoms with Crippen LogP contribution in [0, 0.1) is 6.92 Å². The highest BCUT2D eigenvalue weighted by atomic mass is 16.3. The summed E-state index contributed by atoms with van der Waals surface area (Å²) in [4.78, 5) is 0. The molecular weight excluding hydrogens is 232 g/mol. The van der Waals surface area contributed by atoms with Crippen molar-refractivity contribution < 1.29 is 5.11 Å². The largest absolute Gasteiger partial charge is 0.384 e. The van der Waals surface area contributed by atoms with E-state index >= 15 is 0 Å². The van der Waals surface area contributed by atoms with Crippen LogP contribution in [0.1, 0.15) is 16.7 Å². The third-order valence-electron chi connectivity index (χ3n) is 3.05. The standard InChI is InChI=1S/C18H18O/c1-14-8-11-17(12-9-14)15(2)18(19)13-10-16-6-4-3-5-7-16/h3-13,18-19H,2H2,1H3/b13-10+. The second-order valence-electron chi connectivity index (χ2n) is 4.61. The van der Waals surface area contributed by atoms with E-state index in [9.17, 15) is 5.11 Å². The number of benzene rings is 2. The highest BCUT2D eigenvalue weighted by molar-refractivity contribution is 5.70. The third kappa shape index (κ3) is 3.67. The molecule has 1 unspecified atom stereocenters. The minimum atomic E-state index is -0.664. The number of aliphatic hydroxyl groups is 1. The SMILES string of the molecule is C=C(c1ccc(C)cc1)C(O)/C=C/c1ccccc1. The Labute approximate surface area is 114 Å². The molecule has 0 bridgehead atoms. The second kappa shape index (κ2) is 6.17. The maximum absolute atomic E-state index is 10.1. The molecule has 0 aromatic heterocycles. The molecule has 2 rings (SSSR count). The van der Waals surface area contributed by atoms with Gasteiger partial charge in [-0.05, 0) is 23.6 Å². The van der Waals surface area contributed by atoms with Crippen LogP contribution in [0.3, 0.4) is 0 Å². The molecule has 0 saturated carbocycles. The number of hydrogen-bond acceptors (Lipinski definition) is 1. The molecule has 0 radical (unpaired) electrons. The molecule has 0 aliphatic carbocycles. The van der Waals surface area contributed by atoms with E-state index in [1.807, 2.05) is 67.6 Å². The second-order valence-corrected chi connectivity index (χ2v) is 4.61. The van der Waals surface area contributed by atoms with Crippen molar-refractivity contribution in [3.63, 3.8) is 0 Å². The molecule has 0 spiro atoms. The minimum absolute atomic E-state index is 0.664. The summed E-state index contributed by atoms with van der Waals surface area (Å²) >= 11 is 0. The van der Waals surface area contributed by atoms with Crippen molar-refractivity contribution in [2.45, 2.75) is 13.0 Å². The quantitative estimate of drug-likeness (QED) is 0.866. The zero-order valence-electron chi connectivity index (χ0n) is 11.1. The monoisotopic (exact) mass is 250 g/mol. The normalized spacial score (nSPS) is 12.5. The van der Waals surface area contributed by atoms with E-state index in [0.717, 1.165) is 11.1 Å². The molecule has 2 aromatic rings. The van der Waals surface area contributed by atoms with Crippen LogP contribution in [0.25, 0.3) is 11.6 Å². The van der Waals surface area contributed by atoms with E-state index in [4.69, 9.17) is 0 Å². The van der Waals surface area contributed by atoms with Crippen molar-refractivity contribution in [2.75, 3.05) is 0 Å². The summed E-state index contributed by atoms with van der Waals surface area (Å²) < 4.78 is 0. The van der Waals surface area contributed by atoms with Gasteiger partial charge in [0.2, 0.25) is 0 Å². The fourth-order valence-corrected chi connectivity index (χ4v) is 1.82. The molecule has 0 heterocycles. The molecule has 0 saturated heterocycles. The van der Waals surface area contributed by atoms with Gasteiger partial charge in [-0.3, -0.25) is 0 Å². The molecule has 0 aliphatic heterocycles. The Morgan fingerprint density at radius 2 is 1.68 bits per heavy atom. The van der Waals surface area contributed by atoms with E-state index in [1.54, 1.807) is 6.08 Å². The van der Waals surface area contributed by atoms with E-state index in [2.05, 4.69) is 6.58 Å². The maximum atomic E-state index is 10.1. The number of aryl methyl sites for hydroxylation is 1. The number of aliphatic hydroxyl groups excluding tert-OH is 1. The van der Waals surface area contributed by atoms with Gasteiger partial charge in [-0.25, -0.2) is 0 Å². The molecule has 1 heteroatoms. The molecule has 0 fully saturated rings. The molecule has 19 heavy (non-hydrogen) atoms. The lowest BCUT2D eigenvalue weighted by Crippen LogP contribution is -2.04. The lowest BCUT2D eigenvalue weighted by Gasteiger charge is -2.10. The van der Waals surface area contributed by atoms with Gasteiger partial charge in [0.1, 0.15) is 0 Å². The Balaban J connectivity index is 2.07. The van der Waals surface area contributed by atoms with Crippen molar-refractivity contribution in [2.24, 2.45) is 0 Å². The van der Waals surface area contributed by atoms with Gasteiger partial charge in [-0.2, -0.15) is 0 Å². The van der Waals surface area contributed by atoms with Crippen LogP contribution in [0.5, 0.6) is 0 Å². The first kappa shape index (κ1) is 13.3. The predicted molar refractivity (Wildman–Crippen MR) is 81.7 cm³/mol. The van der Waals surface area contributed by atoms with Crippen LogP contribution in [0.2, 0.25) is 0 Å². The Bertz CT molecular complexity index is 564. The number of hydrogen-bond donors (Lipinski definition) is 1. The predicted octanol–water partition coefficient (Wildman–Crippen LogP) is 4.08. The van der Waals surface area contributed by atoms with Gasteiger partial charge in [0, 0.05) is 0 Å². The average Bonchev–Trinajstić information content (AvgIpc) is 2.46. The summed E-state index contributed by atoms with van der Waals surface area (Å²) in [5, 5.41) is 10.1. The first-order valence-electron chi connectivity index (χ1n) is 6.34. The molecule has 1 nitrogen and oxygen atoms in total. The Morgan fingerprint density at radius 3 is 2.32 bits per heavy atom. The Kier molecular flexibility index (Phi) is 4.32. The Hall–Kier alpha value is -2.12. The van der Waals surface area contributed by atoms with Crippen molar-refractivity contribution in [1.29, 1.82) is 0 Å². The zero-order valence-corrected chi connectivity index (χ0v) is 11.1. The van der Waals surface area contributed by atoms with Crippen LogP contribution in [0.4, 0.5) is 0 Å². The molecule has 1 atom stereocenters. The van der Waals surface area contributed by atoms with Gasteiger partial charge >= 0.3 is 0 Å². The molecule has 0 aliphatic rings. The van der Waals surface area contributed by atoms with Crippen LogP contribution < -0.4 is 0 Å². The van der Waals surface area contributed by atoms with Gasteiger partial charge in [0.25, 0.3) is 0 Å². The lowest BCUT2D eigenvalue weighted by molar-refractivity contribution is 0.281. The fourth-order valence-electron chi connectivity index (χ4n) is 1.82. The van der Waals surface area contributed by atoms with Crippen LogP contribution in [-0.4, -0.2) is 11.2 Å². The fraction of sp³-hybridized carbons (Fsp3) is 0.111. The molecule has 0 amide bonds. The molecule has 96 valence electrons. The lowest BCUT2D eigenvalue weighted by atomic mass is 10.0. The van der Waals surface area contributed by atoms with Crippen molar-refractivity contribution in [3.8, 4) is 0 Å². The van der Waals surface area contributed by atoms with Crippen molar-refractivity contribution in [3.05, 3.63) is 83.9 Å². The topological polar surface area (TPSA) is 20.2 Å². The summed E-state index contributed by atoms with van der Waals surface area (Å²) in [6.45, 7) is 6.01. The van der Waals surface area contributed by atoms with Gasteiger partial charge in [0.05, 0.1) is 6.10 Å². The zero-order chi connectivity index (χ0) is 13.7. The first-order valence-corrected chi connectivity index (χ1v) is 6.34. The number of rotatable bonds is 4. The highest BCUT2D eigenvalue weighted by Crippen LogP contribution is 2.18. The van der Waals surface area contributed by atoms with Crippen LogP contribution in [-0.2, 0) is 0 Å². The molecular formula is C18H18O. The molecule has 2 aromatic carbocycles. The van der Waals surface area contributed by atoms with E-state index in [0.29, 0.717) is 5.57 Å². The van der Waals surface area contributed by atoms with E-state index in [-0.39, 0.29) is 0 Å². The first-order chi connectivity index (χ1) is 9.16. The summed E-state index contributed by atoms with van der Waals surface area (Å²) in [6.07, 6.45) is 3.00. The van der Waals surface area contributed by atoms with Gasteiger partial charge in [-0.1, -0.05) is 78.9 Å². The smallest absolute Gasteiger partial charge is 0.0975 e. The van der Waals surface area contributed by atoms with Gasteiger partial charge in [0.15, 0.2) is 0 Å². The summed E-state index contributed by atoms with van der Waals surface area (Å²) in [5.41, 5.74) is 3.95. The van der Waals surface area contributed by atoms with Crippen LogP contribution in [0.15, 0.2) is 67.3 Å². The van der Waals surface area contributed by atoms with Crippen molar-refractivity contribution >= 4 is 11.6 Å². The summed E-state index contributed by atoms with van der Waals surface area (Å²) in [7, 11) is 0. The summed E-state index contributed by atoms with van der Waals surface area (Å²) in [5.74, 6) is 0. The molecule has 1 N–H and O–H groups in total. The summed E-state index contributed by atoms with van der Waals surface area (Å²) in [6, 6.07) is 17.9. The Morgan fingerprint density at radius 1 is 1.05 bits per heavy atom.